The molecular formula is C25H35N3O5. The summed E-state index contributed by atoms with van der Waals surface area (Å²) in [6, 6.07) is 14.4. The maximum absolute atomic E-state index is 10.1. The molecule has 0 fully saturated rings. The van der Waals surface area contributed by atoms with Crippen molar-refractivity contribution in [2.45, 2.75) is 19.3 Å². The molecule has 0 bridgehead atoms. The predicted molar refractivity (Wildman–Crippen MR) is 133 cm³/mol. The third-order valence-corrected chi connectivity index (χ3v) is 3.88. The Morgan fingerprint density at radius 2 is 0.939 bits per heavy atom. The lowest BCUT2D eigenvalue weighted by Gasteiger charge is -1.96. The van der Waals surface area contributed by atoms with Crippen molar-refractivity contribution in [3.05, 3.63) is 70.8 Å². The molecular weight excluding hydrogens is 422 g/mol. The van der Waals surface area contributed by atoms with Crippen molar-refractivity contribution >= 4 is 25.0 Å². The zero-order valence-corrected chi connectivity index (χ0v) is 18.9. The van der Waals surface area contributed by atoms with Gasteiger partial charge in [-0.05, 0) is 36.9 Å². The summed E-state index contributed by atoms with van der Waals surface area (Å²) in [4.78, 5) is 28.6. The van der Waals surface area contributed by atoms with Gasteiger partial charge in [-0.1, -0.05) is 48.5 Å². The molecule has 33 heavy (non-hydrogen) atoms. The van der Waals surface area contributed by atoms with Crippen LogP contribution in [0.25, 0.3) is 0 Å². The minimum Gasteiger partial charge on any atom is -0.396 e. The lowest BCUT2D eigenvalue weighted by molar-refractivity contribution is 0.111. The van der Waals surface area contributed by atoms with Gasteiger partial charge in [0.25, 0.3) is 0 Å². The molecule has 180 valence electrons. The van der Waals surface area contributed by atoms with Gasteiger partial charge in [-0.25, -0.2) is 0 Å². The van der Waals surface area contributed by atoms with Crippen molar-refractivity contribution in [2.24, 2.45) is 15.7 Å². The second-order valence-corrected chi connectivity index (χ2v) is 6.66. The van der Waals surface area contributed by atoms with Crippen molar-refractivity contribution in [2.75, 3.05) is 39.5 Å². The monoisotopic (exact) mass is 457 g/mol. The van der Waals surface area contributed by atoms with E-state index in [-0.39, 0.29) is 19.8 Å². The molecule has 8 nitrogen and oxygen atoms in total. The van der Waals surface area contributed by atoms with Crippen LogP contribution >= 0.6 is 0 Å². The van der Waals surface area contributed by atoms with E-state index >= 15 is 0 Å². The average molecular weight is 458 g/mol. The fourth-order valence-electron chi connectivity index (χ4n) is 2.08. The quantitative estimate of drug-likeness (QED) is 0.218. The van der Waals surface area contributed by atoms with E-state index < -0.39 is 0 Å². The molecule has 0 atom stereocenters. The first-order valence-corrected chi connectivity index (χ1v) is 10.8. The zero-order chi connectivity index (χ0) is 24.6. The number of nitrogens with two attached hydrogens (primary N) is 1. The van der Waals surface area contributed by atoms with Crippen LogP contribution in [0.2, 0.25) is 0 Å². The lowest BCUT2D eigenvalue weighted by atomic mass is 10.1. The fraction of sp³-hybridized carbons (Fsp3) is 0.360. The molecule has 0 aliphatic rings. The fourth-order valence-corrected chi connectivity index (χ4v) is 2.08. The first kappa shape index (κ1) is 30.0. The van der Waals surface area contributed by atoms with Gasteiger partial charge in [0.2, 0.25) is 0 Å². The van der Waals surface area contributed by atoms with Gasteiger partial charge in [-0.2, -0.15) is 0 Å². The summed E-state index contributed by atoms with van der Waals surface area (Å²) in [5, 5.41) is 25.2. The molecule has 2 aromatic carbocycles. The normalized spacial score (nSPS) is 10.3. The van der Waals surface area contributed by atoms with Gasteiger partial charge in [-0.15, -0.1) is 0 Å². The first-order valence-electron chi connectivity index (χ1n) is 10.8. The minimum atomic E-state index is 0.181. The van der Waals surface area contributed by atoms with E-state index in [1.165, 1.54) is 0 Å². The van der Waals surface area contributed by atoms with Gasteiger partial charge in [0.1, 0.15) is 12.6 Å². The summed E-state index contributed by atoms with van der Waals surface area (Å²) >= 11 is 0. The van der Waals surface area contributed by atoms with Gasteiger partial charge >= 0.3 is 0 Å². The SMILES string of the molecule is NCCCO.O=Cc1ccc(C=O)cc1.OCCCN=Cc1ccc(C=NCCCO)cc1. The number of aldehydes is 2. The van der Waals surface area contributed by atoms with Crippen LogP contribution in [0.3, 0.4) is 0 Å². The number of rotatable bonds is 12. The molecule has 0 unspecified atom stereocenters. The van der Waals surface area contributed by atoms with E-state index in [9.17, 15) is 9.59 Å². The van der Waals surface area contributed by atoms with Crippen LogP contribution in [0, 0.1) is 0 Å². The molecule has 2 aromatic rings. The average Bonchev–Trinajstić information content (AvgIpc) is 2.87. The van der Waals surface area contributed by atoms with Gasteiger partial charge in [0, 0.05) is 56.5 Å². The molecule has 0 radical (unpaired) electrons. The Hall–Kier alpha value is -3.04. The topological polar surface area (TPSA) is 146 Å². The van der Waals surface area contributed by atoms with Gasteiger partial charge in [-0.3, -0.25) is 19.6 Å². The van der Waals surface area contributed by atoms with E-state index in [4.69, 9.17) is 21.1 Å². The van der Waals surface area contributed by atoms with Crippen LogP contribution in [0.1, 0.15) is 51.1 Å². The van der Waals surface area contributed by atoms with E-state index in [1.807, 2.05) is 36.7 Å². The number of aliphatic hydroxyl groups is 3. The Labute approximate surface area is 195 Å². The number of nitrogens with zero attached hydrogens (tertiary/aromatic N) is 2. The molecule has 0 aliphatic carbocycles. The minimum absolute atomic E-state index is 0.181. The van der Waals surface area contributed by atoms with Crippen molar-refractivity contribution < 1.29 is 24.9 Å². The van der Waals surface area contributed by atoms with Crippen LogP contribution in [0.5, 0.6) is 0 Å². The number of aliphatic hydroxyl groups excluding tert-OH is 3. The van der Waals surface area contributed by atoms with Crippen LogP contribution in [-0.2, 0) is 0 Å². The van der Waals surface area contributed by atoms with Gasteiger partial charge in [0.05, 0.1) is 0 Å². The highest BCUT2D eigenvalue weighted by Gasteiger charge is 1.90. The molecule has 5 N–H and O–H groups in total. The van der Waals surface area contributed by atoms with Crippen molar-refractivity contribution in [3.8, 4) is 0 Å². The third-order valence-electron chi connectivity index (χ3n) is 3.88. The smallest absolute Gasteiger partial charge is 0.150 e. The largest absolute Gasteiger partial charge is 0.396 e. The lowest BCUT2D eigenvalue weighted by Crippen LogP contribution is -1.99. The molecule has 0 aromatic heterocycles. The number of carbonyl (C=O) groups excluding carboxylic acids is 2. The van der Waals surface area contributed by atoms with Gasteiger partial charge < -0.3 is 21.1 Å². The van der Waals surface area contributed by atoms with Crippen molar-refractivity contribution in [1.82, 2.24) is 0 Å². The number of aliphatic imine (C=N–C) groups is 2. The van der Waals surface area contributed by atoms with Gasteiger partial charge in [0.15, 0.2) is 0 Å². The maximum Gasteiger partial charge on any atom is 0.150 e. The molecule has 0 amide bonds. The van der Waals surface area contributed by atoms with E-state index in [0.29, 0.717) is 43.6 Å². The molecule has 2 rings (SSSR count). The number of hydrogen-bond donors (Lipinski definition) is 4. The molecule has 0 spiro atoms. The van der Waals surface area contributed by atoms with Crippen LogP contribution in [0.4, 0.5) is 0 Å². The number of benzene rings is 2. The second kappa shape index (κ2) is 22.2. The maximum atomic E-state index is 10.1. The summed E-state index contributed by atoms with van der Waals surface area (Å²) in [5.74, 6) is 0. The number of carbonyl (C=O) groups is 2. The van der Waals surface area contributed by atoms with Crippen LogP contribution < -0.4 is 5.73 Å². The summed E-state index contributed by atoms with van der Waals surface area (Å²) in [6.07, 6.45) is 7.23. The number of hydrogen-bond acceptors (Lipinski definition) is 8. The Morgan fingerprint density at radius 3 is 1.18 bits per heavy atom. The Kier molecular flexibility index (Phi) is 20.1. The highest BCUT2D eigenvalue weighted by Crippen LogP contribution is 2.01. The van der Waals surface area contributed by atoms with E-state index in [0.717, 1.165) is 30.1 Å². The predicted octanol–water partition coefficient (Wildman–Crippen LogP) is 1.93. The van der Waals surface area contributed by atoms with Crippen LogP contribution in [0.15, 0.2) is 58.5 Å². The first-order chi connectivity index (χ1) is 16.1. The van der Waals surface area contributed by atoms with E-state index in [1.54, 1.807) is 24.3 Å². The third kappa shape index (κ3) is 17.2. The molecule has 0 saturated carbocycles. The standard InChI is InChI=1S/C14H20N2O2.C8H6O2.C3H9NO/c17-9-1-7-15-11-13-3-5-14(6-4-13)12-16-8-2-10-18;9-5-7-1-2-8(6-10)4-3-7;4-2-1-3-5/h3-6,11-12,17-18H,1-2,7-10H2;1-6H;5H,1-4H2. The second-order valence-electron chi connectivity index (χ2n) is 6.66. The molecule has 0 saturated heterocycles. The molecule has 0 aliphatic heterocycles. The summed E-state index contributed by atoms with van der Waals surface area (Å²) in [5.41, 5.74) is 8.24. The molecule has 8 heteroatoms. The van der Waals surface area contributed by atoms with Crippen molar-refractivity contribution in [1.29, 1.82) is 0 Å². The molecule has 0 heterocycles. The Balaban J connectivity index is 0.000000569. The zero-order valence-electron chi connectivity index (χ0n) is 18.9. The highest BCUT2D eigenvalue weighted by atomic mass is 16.3. The summed E-state index contributed by atoms with van der Waals surface area (Å²) in [7, 11) is 0. The Morgan fingerprint density at radius 1 is 0.606 bits per heavy atom. The summed E-state index contributed by atoms with van der Waals surface area (Å²) in [6.45, 7) is 2.48. The highest BCUT2D eigenvalue weighted by molar-refractivity contribution is 5.84. The Bertz CT molecular complexity index is 725. The summed E-state index contributed by atoms with van der Waals surface area (Å²) < 4.78 is 0. The van der Waals surface area contributed by atoms with Crippen LogP contribution in [-0.4, -0.2) is 79.8 Å². The van der Waals surface area contributed by atoms with Crippen molar-refractivity contribution in [3.63, 3.8) is 0 Å². The van der Waals surface area contributed by atoms with E-state index in [2.05, 4.69) is 9.98 Å².